The van der Waals surface area contributed by atoms with Gasteiger partial charge in [0.05, 0.1) is 0 Å². The van der Waals surface area contributed by atoms with Crippen molar-refractivity contribution in [3.63, 3.8) is 0 Å². The Balaban J connectivity index is 1.76. The molecule has 126 valence electrons. The molecule has 0 radical (unpaired) electrons. The van der Waals surface area contributed by atoms with E-state index in [1.54, 1.807) is 12.1 Å². The molecule has 0 aliphatic carbocycles. The van der Waals surface area contributed by atoms with Crippen molar-refractivity contribution in [2.45, 2.75) is 6.92 Å². The predicted molar refractivity (Wildman–Crippen MR) is 93.0 cm³/mol. The number of carbonyl (C=O) groups excluding carboxylic acids is 1. The lowest BCUT2D eigenvalue weighted by Crippen LogP contribution is -2.14. The number of carbonyl (C=O) groups is 1. The third kappa shape index (κ3) is 4.17. The molecule has 0 saturated heterocycles. The molecule has 2 aromatic carbocycles. The third-order valence-corrected chi connectivity index (χ3v) is 3.48. The summed E-state index contributed by atoms with van der Waals surface area (Å²) in [4.78, 5) is 16.3. The van der Waals surface area contributed by atoms with Gasteiger partial charge in [-0.15, -0.1) is 0 Å². The molecule has 1 heterocycles. The van der Waals surface area contributed by atoms with Gasteiger partial charge in [0.25, 0.3) is 5.91 Å². The van der Waals surface area contributed by atoms with Gasteiger partial charge in [-0.2, -0.15) is 0 Å². The zero-order valence-electron chi connectivity index (χ0n) is 13.4. The number of pyridine rings is 1. The van der Waals surface area contributed by atoms with E-state index in [0.29, 0.717) is 5.69 Å². The van der Waals surface area contributed by atoms with E-state index in [9.17, 15) is 13.6 Å². The molecule has 0 saturated carbocycles. The summed E-state index contributed by atoms with van der Waals surface area (Å²) in [6.07, 6.45) is 1.50. The van der Waals surface area contributed by atoms with Crippen molar-refractivity contribution in [1.29, 1.82) is 0 Å². The van der Waals surface area contributed by atoms with E-state index >= 15 is 0 Å². The van der Waals surface area contributed by atoms with E-state index in [1.165, 1.54) is 12.3 Å². The molecular formula is C19H15F2N3O. The van der Waals surface area contributed by atoms with Crippen LogP contribution in [-0.2, 0) is 0 Å². The van der Waals surface area contributed by atoms with Crippen LogP contribution in [0.4, 0.5) is 25.8 Å². The average Bonchev–Trinajstić information content (AvgIpc) is 2.58. The van der Waals surface area contributed by atoms with Crippen molar-refractivity contribution < 1.29 is 13.6 Å². The number of amides is 1. The van der Waals surface area contributed by atoms with Crippen LogP contribution < -0.4 is 10.6 Å². The number of nitrogens with one attached hydrogen (secondary N) is 2. The zero-order chi connectivity index (χ0) is 17.8. The first-order chi connectivity index (χ1) is 12.0. The van der Waals surface area contributed by atoms with Crippen LogP contribution in [0.1, 0.15) is 16.1 Å². The number of aryl methyl sites for hydroxylation is 1. The molecule has 0 aliphatic rings. The standard InChI is InChI=1S/C19H15F2N3O/c1-12-3-2-4-13(9-12)23-15-7-8-22-18(11-15)19(25)24-14-5-6-16(20)17(21)10-14/h2-11H,1H3,(H,22,23)(H,24,25). The van der Waals surface area contributed by atoms with Gasteiger partial charge in [0.1, 0.15) is 5.69 Å². The molecule has 0 spiro atoms. The molecule has 25 heavy (non-hydrogen) atoms. The second kappa shape index (κ2) is 7.09. The number of benzene rings is 2. The molecular weight excluding hydrogens is 324 g/mol. The topological polar surface area (TPSA) is 54.0 Å². The minimum Gasteiger partial charge on any atom is -0.355 e. The van der Waals surface area contributed by atoms with Crippen molar-refractivity contribution in [3.05, 3.63) is 83.7 Å². The number of hydrogen-bond donors (Lipinski definition) is 2. The second-order valence-electron chi connectivity index (χ2n) is 5.51. The van der Waals surface area contributed by atoms with Crippen LogP contribution in [-0.4, -0.2) is 10.9 Å². The normalized spacial score (nSPS) is 10.4. The number of hydrogen-bond acceptors (Lipinski definition) is 3. The molecule has 6 heteroatoms. The number of aromatic nitrogens is 1. The molecule has 1 aromatic heterocycles. The fourth-order valence-electron chi connectivity index (χ4n) is 2.29. The van der Waals surface area contributed by atoms with Crippen molar-refractivity contribution in [2.24, 2.45) is 0 Å². The minimum absolute atomic E-state index is 0.155. The molecule has 3 aromatic rings. The molecule has 0 unspecified atom stereocenters. The summed E-state index contributed by atoms with van der Waals surface area (Å²) in [5, 5.41) is 5.68. The van der Waals surface area contributed by atoms with Crippen LogP contribution >= 0.6 is 0 Å². The largest absolute Gasteiger partial charge is 0.355 e. The zero-order valence-corrected chi connectivity index (χ0v) is 13.4. The SMILES string of the molecule is Cc1cccc(Nc2ccnc(C(=O)Nc3ccc(F)c(F)c3)c2)c1. The summed E-state index contributed by atoms with van der Waals surface area (Å²) in [6, 6.07) is 14.3. The van der Waals surface area contributed by atoms with E-state index < -0.39 is 17.5 Å². The summed E-state index contributed by atoms with van der Waals surface area (Å²) in [7, 11) is 0. The Morgan fingerprint density at radius 2 is 1.72 bits per heavy atom. The first-order valence-corrected chi connectivity index (χ1v) is 7.57. The summed E-state index contributed by atoms with van der Waals surface area (Å²) in [5.41, 5.74) is 3.00. The van der Waals surface area contributed by atoms with Crippen molar-refractivity contribution in [3.8, 4) is 0 Å². The van der Waals surface area contributed by atoms with Gasteiger partial charge in [0.15, 0.2) is 11.6 Å². The Bertz CT molecular complexity index is 928. The highest BCUT2D eigenvalue weighted by Gasteiger charge is 2.10. The first-order valence-electron chi connectivity index (χ1n) is 7.57. The summed E-state index contributed by atoms with van der Waals surface area (Å²) in [6.45, 7) is 1.98. The molecule has 0 fully saturated rings. The third-order valence-electron chi connectivity index (χ3n) is 3.48. The van der Waals surface area contributed by atoms with Gasteiger partial charge < -0.3 is 10.6 Å². The van der Waals surface area contributed by atoms with E-state index in [-0.39, 0.29) is 11.4 Å². The molecule has 0 atom stereocenters. The number of halogens is 2. The molecule has 0 aliphatic heterocycles. The molecule has 2 N–H and O–H groups in total. The quantitative estimate of drug-likeness (QED) is 0.727. The van der Waals surface area contributed by atoms with Gasteiger partial charge in [0, 0.05) is 29.3 Å². The molecule has 4 nitrogen and oxygen atoms in total. The van der Waals surface area contributed by atoms with Crippen LogP contribution in [0.25, 0.3) is 0 Å². The lowest BCUT2D eigenvalue weighted by molar-refractivity contribution is 0.102. The van der Waals surface area contributed by atoms with Gasteiger partial charge in [-0.25, -0.2) is 8.78 Å². The number of rotatable bonds is 4. The highest BCUT2D eigenvalue weighted by atomic mass is 19.2. The lowest BCUT2D eigenvalue weighted by Gasteiger charge is -2.09. The van der Waals surface area contributed by atoms with Crippen molar-refractivity contribution >= 4 is 23.0 Å². The highest BCUT2D eigenvalue weighted by Crippen LogP contribution is 2.19. The van der Waals surface area contributed by atoms with E-state index in [0.717, 1.165) is 23.4 Å². The van der Waals surface area contributed by atoms with E-state index in [2.05, 4.69) is 15.6 Å². The maximum Gasteiger partial charge on any atom is 0.274 e. The summed E-state index contributed by atoms with van der Waals surface area (Å²) < 4.78 is 26.2. The fourth-order valence-corrected chi connectivity index (χ4v) is 2.29. The van der Waals surface area contributed by atoms with Gasteiger partial charge >= 0.3 is 0 Å². The Labute approximate surface area is 143 Å². The number of nitrogens with zero attached hydrogens (tertiary/aromatic N) is 1. The lowest BCUT2D eigenvalue weighted by atomic mass is 10.2. The van der Waals surface area contributed by atoms with Crippen LogP contribution in [0.15, 0.2) is 60.8 Å². The maximum atomic E-state index is 13.2. The van der Waals surface area contributed by atoms with Crippen LogP contribution in [0, 0.1) is 18.6 Å². The van der Waals surface area contributed by atoms with Gasteiger partial charge in [-0.3, -0.25) is 9.78 Å². The molecule has 3 rings (SSSR count). The second-order valence-corrected chi connectivity index (χ2v) is 5.51. The summed E-state index contributed by atoms with van der Waals surface area (Å²) in [5.74, 6) is -2.51. The maximum absolute atomic E-state index is 13.2. The van der Waals surface area contributed by atoms with Gasteiger partial charge in [-0.05, 0) is 48.9 Å². The minimum atomic E-state index is -1.03. The average molecular weight is 339 g/mol. The van der Waals surface area contributed by atoms with Crippen molar-refractivity contribution in [1.82, 2.24) is 4.98 Å². The Kier molecular flexibility index (Phi) is 4.70. The molecule has 1 amide bonds. The Morgan fingerprint density at radius 1 is 0.920 bits per heavy atom. The van der Waals surface area contributed by atoms with Crippen LogP contribution in [0.3, 0.4) is 0 Å². The summed E-state index contributed by atoms with van der Waals surface area (Å²) >= 11 is 0. The molecule has 0 bridgehead atoms. The fraction of sp³-hybridized carbons (Fsp3) is 0.0526. The van der Waals surface area contributed by atoms with E-state index in [1.807, 2.05) is 31.2 Å². The Hall–Kier alpha value is -3.28. The smallest absolute Gasteiger partial charge is 0.274 e. The highest BCUT2D eigenvalue weighted by molar-refractivity contribution is 6.03. The van der Waals surface area contributed by atoms with E-state index in [4.69, 9.17) is 0 Å². The first kappa shape index (κ1) is 16.6. The van der Waals surface area contributed by atoms with Crippen molar-refractivity contribution in [2.75, 3.05) is 10.6 Å². The Morgan fingerprint density at radius 3 is 2.48 bits per heavy atom. The number of anilines is 3. The van der Waals surface area contributed by atoms with Crippen LogP contribution in [0.2, 0.25) is 0 Å². The monoisotopic (exact) mass is 339 g/mol. The van der Waals surface area contributed by atoms with Gasteiger partial charge in [-0.1, -0.05) is 12.1 Å². The predicted octanol–water partition coefficient (Wildman–Crippen LogP) is 4.66. The van der Waals surface area contributed by atoms with Crippen LogP contribution in [0.5, 0.6) is 0 Å². The van der Waals surface area contributed by atoms with Gasteiger partial charge in [0.2, 0.25) is 0 Å².